The molecule has 2 heterocycles. The number of nitrogen functional groups attached to an aromatic ring is 1. The number of carbonyl (C=O) groups is 1. The van der Waals surface area contributed by atoms with Crippen molar-refractivity contribution in [2.24, 2.45) is 0 Å². The fourth-order valence-electron chi connectivity index (χ4n) is 3.87. The number of allylic oxidation sites excluding steroid dienone is 1. The van der Waals surface area contributed by atoms with Gasteiger partial charge in [-0.15, -0.1) is 0 Å². The summed E-state index contributed by atoms with van der Waals surface area (Å²) >= 11 is 6.34. The van der Waals surface area contributed by atoms with Crippen LogP contribution in [-0.4, -0.2) is 26.2 Å². The van der Waals surface area contributed by atoms with Crippen LogP contribution in [0.2, 0.25) is 5.02 Å². The highest BCUT2D eigenvalue weighted by atomic mass is 35.5. The topological polar surface area (TPSA) is 95.9 Å². The zero-order chi connectivity index (χ0) is 24.8. The second kappa shape index (κ2) is 10.9. The zero-order valence-corrected chi connectivity index (χ0v) is 20.7. The third-order valence-corrected chi connectivity index (χ3v) is 5.63. The van der Waals surface area contributed by atoms with Crippen molar-refractivity contribution in [3.05, 3.63) is 88.0 Å². The predicted octanol–water partition coefficient (Wildman–Crippen LogP) is 5.90. The predicted molar refractivity (Wildman–Crippen MR) is 136 cm³/mol. The maximum Gasteiger partial charge on any atom is 0.298 e. The summed E-state index contributed by atoms with van der Waals surface area (Å²) in [4.78, 5) is 20.1. The average Bonchev–Trinajstić information content (AvgIpc) is 3.20. The third kappa shape index (κ3) is 4.79. The molecule has 7 nitrogen and oxygen atoms in total. The van der Waals surface area contributed by atoms with Gasteiger partial charge in [0.05, 0.1) is 11.1 Å². The molecule has 34 heavy (non-hydrogen) atoms. The lowest BCUT2D eigenvalue weighted by Gasteiger charge is -2.22. The number of benzene rings is 2. The minimum Gasteiger partial charge on any atom is -0.430 e. The fourth-order valence-corrected chi connectivity index (χ4v) is 4.04. The van der Waals surface area contributed by atoms with Gasteiger partial charge in [0.1, 0.15) is 23.9 Å². The molecule has 176 valence electrons. The lowest BCUT2D eigenvalue weighted by molar-refractivity contribution is -0.125. The van der Waals surface area contributed by atoms with Crippen molar-refractivity contribution in [3.8, 4) is 0 Å². The normalized spacial score (nSPS) is 12.4. The number of rotatable bonds is 6. The van der Waals surface area contributed by atoms with Crippen molar-refractivity contribution < 1.29 is 9.53 Å². The second-order valence-corrected chi connectivity index (χ2v) is 7.88. The number of nitrogens with two attached hydrogens (primary N) is 1. The van der Waals surface area contributed by atoms with Crippen molar-refractivity contribution >= 4 is 40.5 Å². The molecule has 0 saturated heterocycles. The number of halogens is 1. The summed E-state index contributed by atoms with van der Waals surface area (Å²) in [5.74, 6) is 0.764. The molecule has 1 unspecified atom stereocenters. The fraction of sp³-hybridized carbons (Fsp3) is 0.231. The van der Waals surface area contributed by atoms with E-state index in [0.29, 0.717) is 39.8 Å². The molecule has 4 rings (SSSR count). The molecule has 4 aromatic rings. The maximum absolute atomic E-state index is 11.6. The second-order valence-electron chi connectivity index (χ2n) is 7.44. The van der Waals surface area contributed by atoms with Gasteiger partial charge in [0, 0.05) is 10.6 Å². The zero-order valence-electron chi connectivity index (χ0n) is 19.9. The van der Waals surface area contributed by atoms with Crippen molar-refractivity contribution in [1.82, 2.24) is 19.7 Å². The number of aryl methyl sites for hydroxylation is 2. The van der Waals surface area contributed by atoms with Gasteiger partial charge in [0.25, 0.3) is 6.47 Å². The number of fused-ring (bicyclic) bond motifs is 1. The maximum atomic E-state index is 11.6. The molecule has 2 aromatic heterocycles. The molecule has 8 heteroatoms. The first-order valence-corrected chi connectivity index (χ1v) is 11.4. The molecular formula is C26H28ClN5O2. The number of aromatic nitrogens is 4. The molecular weight excluding hydrogens is 450 g/mol. The Kier molecular flexibility index (Phi) is 8.02. The summed E-state index contributed by atoms with van der Waals surface area (Å²) in [5, 5.41) is 5.89. The van der Waals surface area contributed by atoms with Crippen LogP contribution in [0.3, 0.4) is 0 Å². The van der Waals surface area contributed by atoms with E-state index in [2.05, 4.69) is 15.1 Å². The van der Waals surface area contributed by atoms with Crippen LogP contribution in [-0.2, 0) is 9.53 Å². The Balaban J connectivity index is 0.00000158. The number of carbonyl (C=O) groups excluding carboxylic acids is 1. The van der Waals surface area contributed by atoms with Crippen molar-refractivity contribution in [3.63, 3.8) is 0 Å². The van der Waals surface area contributed by atoms with Gasteiger partial charge in [-0.05, 0) is 49.6 Å². The molecule has 0 aliphatic carbocycles. The smallest absolute Gasteiger partial charge is 0.298 e. The van der Waals surface area contributed by atoms with E-state index in [-0.39, 0.29) is 0 Å². The van der Waals surface area contributed by atoms with E-state index >= 15 is 0 Å². The molecule has 0 fully saturated rings. The number of ether oxygens (including phenoxy) is 1. The Morgan fingerprint density at radius 3 is 2.50 bits per heavy atom. The van der Waals surface area contributed by atoms with Gasteiger partial charge in [0.2, 0.25) is 0 Å². The van der Waals surface area contributed by atoms with E-state index in [9.17, 15) is 4.79 Å². The Morgan fingerprint density at radius 2 is 1.82 bits per heavy atom. The molecule has 2 aromatic carbocycles. The van der Waals surface area contributed by atoms with E-state index in [1.165, 1.54) is 6.33 Å². The monoisotopic (exact) mass is 477 g/mol. The highest BCUT2D eigenvalue weighted by Crippen LogP contribution is 2.37. The van der Waals surface area contributed by atoms with Crippen LogP contribution in [0.5, 0.6) is 0 Å². The number of hydrogen-bond acceptors (Lipinski definition) is 6. The highest BCUT2D eigenvalue weighted by molar-refractivity contribution is 6.30. The standard InChI is InChI=1S/C24H22ClN5O2.C2H6/c1-14-9-10-18(25)11-19(14)21(17-7-5-4-6-8-17)22(32-13-31)16(3)30-24-20(15(2)29-30)23(26)27-12-28-24;1-2/h4-13,16H,1-3H3,(H2,26,27,28);1-2H3/b22-21-;. The molecule has 0 radical (unpaired) electrons. The van der Waals surface area contributed by atoms with Crippen LogP contribution >= 0.6 is 11.6 Å². The summed E-state index contributed by atoms with van der Waals surface area (Å²) in [7, 11) is 0. The number of anilines is 1. The number of nitrogens with zero attached hydrogens (tertiary/aromatic N) is 4. The van der Waals surface area contributed by atoms with Crippen LogP contribution in [0.1, 0.15) is 49.2 Å². The first kappa shape index (κ1) is 24.9. The Labute approximate surface area is 204 Å². The molecule has 1 atom stereocenters. The average molecular weight is 478 g/mol. The quantitative estimate of drug-likeness (QED) is 0.274. The largest absolute Gasteiger partial charge is 0.430 e. The van der Waals surface area contributed by atoms with E-state index in [1.807, 2.05) is 83.1 Å². The summed E-state index contributed by atoms with van der Waals surface area (Å²) in [6.07, 6.45) is 1.39. The summed E-state index contributed by atoms with van der Waals surface area (Å²) < 4.78 is 7.33. The van der Waals surface area contributed by atoms with Crippen molar-refractivity contribution in [1.29, 1.82) is 0 Å². The van der Waals surface area contributed by atoms with E-state index < -0.39 is 6.04 Å². The van der Waals surface area contributed by atoms with Gasteiger partial charge in [-0.25, -0.2) is 14.6 Å². The van der Waals surface area contributed by atoms with Gasteiger partial charge < -0.3 is 10.5 Å². The molecule has 0 bridgehead atoms. The van der Waals surface area contributed by atoms with Crippen LogP contribution < -0.4 is 5.73 Å². The van der Waals surface area contributed by atoms with E-state index in [0.717, 1.165) is 22.3 Å². The van der Waals surface area contributed by atoms with Crippen molar-refractivity contribution in [2.45, 2.75) is 40.7 Å². The van der Waals surface area contributed by atoms with Gasteiger partial charge in [-0.2, -0.15) is 5.10 Å². The Morgan fingerprint density at radius 1 is 1.12 bits per heavy atom. The minimum atomic E-state index is -0.487. The van der Waals surface area contributed by atoms with Gasteiger partial charge in [-0.3, -0.25) is 4.79 Å². The summed E-state index contributed by atoms with van der Waals surface area (Å²) in [5.41, 5.74) is 10.8. The lowest BCUT2D eigenvalue weighted by Crippen LogP contribution is -2.15. The molecule has 0 spiro atoms. The summed E-state index contributed by atoms with van der Waals surface area (Å²) in [6.45, 7) is 10.1. The Hall–Kier alpha value is -3.71. The molecule has 2 N–H and O–H groups in total. The minimum absolute atomic E-state index is 0.349. The first-order valence-electron chi connectivity index (χ1n) is 11.0. The van der Waals surface area contributed by atoms with Gasteiger partial charge >= 0.3 is 0 Å². The van der Waals surface area contributed by atoms with Crippen LogP contribution in [0.25, 0.3) is 16.6 Å². The van der Waals surface area contributed by atoms with E-state index in [1.54, 1.807) is 4.68 Å². The highest BCUT2D eigenvalue weighted by Gasteiger charge is 2.26. The first-order chi connectivity index (χ1) is 16.4. The third-order valence-electron chi connectivity index (χ3n) is 5.39. The van der Waals surface area contributed by atoms with Crippen LogP contribution in [0.4, 0.5) is 5.82 Å². The van der Waals surface area contributed by atoms with Gasteiger partial charge in [0.15, 0.2) is 5.65 Å². The number of hydrogen-bond donors (Lipinski definition) is 1. The molecule has 0 saturated carbocycles. The van der Waals surface area contributed by atoms with E-state index in [4.69, 9.17) is 22.1 Å². The van der Waals surface area contributed by atoms with Gasteiger partial charge in [-0.1, -0.05) is 61.8 Å². The van der Waals surface area contributed by atoms with Crippen LogP contribution in [0.15, 0.2) is 60.6 Å². The molecule has 0 amide bonds. The summed E-state index contributed by atoms with van der Waals surface area (Å²) in [6, 6.07) is 14.9. The van der Waals surface area contributed by atoms with Crippen LogP contribution in [0, 0.1) is 13.8 Å². The SMILES string of the molecule is CC.Cc1ccc(Cl)cc1/C(=C(\OC=O)C(C)n1nc(C)c2c(N)ncnc21)c1ccccc1. The lowest BCUT2D eigenvalue weighted by atomic mass is 9.91. The molecule has 0 aliphatic heterocycles. The molecule has 0 aliphatic rings. The Bertz CT molecular complexity index is 1330. The van der Waals surface area contributed by atoms with Crippen molar-refractivity contribution in [2.75, 3.05) is 5.73 Å².